The van der Waals surface area contributed by atoms with Gasteiger partial charge in [0.25, 0.3) is 5.91 Å². The number of carbonyl (C=O) groups excluding carboxylic acids is 3. The van der Waals surface area contributed by atoms with Gasteiger partial charge < -0.3 is 10.1 Å². The highest BCUT2D eigenvalue weighted by atomic mass is 16.5. The zero-order valence-electron chi connectivity index (χ0n) is 15.0. The van der Waals surface area contributed by atoms with Crippen LogP contribution >= 0.6 is 0 Å². The van der Waals surface area contributed by atoms with Crippen LogP contribution in [0.1, 0.15) is 29.6 Å². The summed E-state index contributed by atoms with van der Waals surface area (Å²) in [4.78, 5) is 39.3. The van der Waals surface area contributed by atoms with E-state index in [1.807, 2.05) is 0 Å². The number of amides is 3. The molecule has 3 amide bonds. The first-order chi connectivity index (χ1) is 13.1. The average molecular weight is 366 g/mol. The Labute approximate surface area is 157 Å². The Hall–Kier alpha value is -2.47. The molecule has 2 aliphatic carbocycles. The van der Waals surface area contributed by atoms with E-state index in [-0.39, 0.29) is 47.5 Å². The van der Waals surface area contributed by atoms with Crippen molar-refractivity contribution in [2.75, 3.05) is 18.1 Å². The van der Waals surface area contributed by atoms with Crippen molar-refractivity contribution >= 4 is 23.4 Å². The molecule has 5 atom stereocenters. The second-order valence-corrected chi connectivity index (χ2v) is 7.90. The number of nitrogens with one attached hydrogen (secondary N) is 1. The van der Waals surface area contributed by atoms with Crippen LogP contribution < -0.4 is 10.2 Å². The minimum atomic E-state index is -0.207. The lowest BCUT2D eigenvalue weighted by Gasteiger charge is -2.17. The largest absolute Gasteiger partial charge is 0.376 e. The molecule has 2 aliphatic heterocycles. The normalized spacial score (nSPS) is 33.8. The van der Waals surface area contributed by atoms with Gasteiger partial charge in [-0.05, 0) is 55.4 Å². The number of carbonyl (C=O) groups is 3. The summed E-state index contributed by atoms with van der Waals surface area (Å²) >= 11 is 0. The fourth-order valence-corrected chi connectivity index (χ4v) is 5.03. The summed E-state index contributed by atoms with van der Waals surface area (Å²) in [5.41, 5.74) is 1.06. The van der Waals surface area contributed by atoms with Crippen LogP contribution in [0.4, 0.5) is 5.69 Å². The van der Waals surface area contributed by atoms with Crippen LogP contribution in [-0.2, 0) is 14.3 Å². The minimum Gasteiger partial charge on any atom is -0.376 e. The molecule has 1 aromatic carbocycles. The molecule has 1 aromatic rings. The molecule has 140 valence electrons. The highest BCUT2D eigenvalue weighted by molar-refractivity contribution is 6.22. The fourth-order valence-electron chi connectivity index (χ4n) is 5.03. The van der Waals surface area contributed by atoms with E-state index in [1.54, 1.807) is 24.3 Å². The molecule has 2 heterocycles. The van der Waals surface area contributed by atoms with Crippen molar-refractivity contribution in [3.05, 3.63) is 42.0 Å². The molecule has 0 spiro atoms. The SMILES string of the molecule is O=C(NC[C@H]1CCCO1)c1ccc(N2C(=O)[C@@H]3[C@@H](C2=O)[C@H]2C=C[C@@H]3C2)cc1. The Morgan fingerprint density at radius 1 is 1.07 bits per heavy atom. The summed E-state index contributed by atoms with van der Waals surface area (Å²) in [5.74, 6) is -0.387. The number of hydrogen-bond donors (Lipinski definition) is 1. The molecule has 4 aliphatic rings. The lowest BCUT2D eigenvalue weighted by atomic mass is 9.85. The van der Waals surface area contributed by atoms with Gasteiger partial charge in [0, 0.05) is 18.7 Å². The third kappa shape index (κ3) is 2.62. The molecule has 3 fully saturated rings. The van der Waals surface area contributed by atoms with E-state index in [1.165, 1.54) is 4.90 Å². The molecule has 0 radical (unpaired) electrons. The van der Waals surface area contributed by atoms with E-state index in [9.17, 15) is 14.4 Å². The molecule has 0 unspecified atom stereocenters. The van der Waals surface area contributed by atoms with Gasteiger partial charge >= 0.3 is 0 Å². The Morgan fingerprint density at radius 2 is 1.74 bits per heavy atom. The summed E-state index contributed by atoms with van der Waals surface area (Å²) in [7, 11) is 0. The predicted molar refractivity (Wildman–Crippen MR) is 98.0 cm³/mol. The first-order valence-electron chi connectivity index (χ1n) is 9.69. The van der Waals surface area contributed by atoms with Gasteiger partial charge in [-0.1, -0.05) is 12.2 Å². The Balaban J connectivity index is 1.28. The number of benzene rings is 1. The number of fused-ring (bicyclic) bond motifs is 5. The Kier molecular flexibility index (Phi) is 3.90. The number of ether oxygens (including phenoxy) is 1. The molecule has 5 rings (SSSR count). The van der Waals surface area contributed by atoms with Gasteiger partial charge in [0.05, 0.1) is 23.6 Å². The van der Waals surface area contributed by atoms with Crippen LogP contribution in [0.15, 0.2) is 36.4 Å². The third-order valence-corrected chi connectivity index (χ3v) is 6.37. The first-order valence-corrected chi connectivity index (χ1v) is 9.69. The van der Waals surface area contributed by atoms with Gasteiger partial charge in [-0.2, -0.15) is 0 Å². The lowest BCUT2D eigenvalue weighted by molar-refractivity contribution is -0.123. The molecule has 6 heteroatoms. The van der Waals surface area contributed by atoms with Gasteiger partial charge in [-0.3, -0.25) is 19.3 Å². The van der Waals surface area contributed by atoms with E-state index in [0.717, 1.165) is 25.9 Å². The number of anilines is 1. The number of allylic oxidation sites excluding steroid dienone is 2. The minimum absolute atomic E-state index is 0.0939. The van der Waals surface area contributed by atoms with Crippen molar-refractivity contribution in [3.8, 4) is 0 Å². The monoisotopic (exact) mass is 366 g/mol. The van der Waals surface area contributed by atoms with Gasteiger partial charge in [-0.25, -0.2) is 0 Å². The van der Waals surface area contributed by atoms with Crippen LogP contribution in [0.2, 0.25) is 0 Å². The van der Waals surface area contributed by atoms with Gasteiger partial charge in [-0.15, -0.1) is 0 Å². The molecular weight excluding hydrogens is 344 g/mol. The summed E-state index contributed by atoms with van der Waals surface area (Å²) in [6.07, 6.45) is 7.19. The number of rotatable bonds is 4. The maximum Gasteiger partial charge on any atom is 0.251 e. The van der Waals surface area contributed by atoms with E-state index in [4.69, 9.17) is 4.74 Å². The molecule has 27 heavy (non-hydrogen) atoms. The fraction of sp³-hybridized carbons (Fsp3) is 0.476. The average Bonchev–Trinajstić information content (AvgIpc) is 3.45. The van der Waals surface area contributed by atoms with Crippen molar-refractivity contribution in [2.45, 2.75) is 25.4 Å². The molecule has 2 bridgehead atoms. The van der Waals surface area contributed by atoms with Crippen LogP contribution in [0, 0.1) is 23.7 Å². The van der Waals surface area contributed by atoms with Crippen LogP contribution in [0.3, 0.4) is 0 Å². The Bertz CT molecular complexity index is 795. The van der Waals surface area contributed by atoms with Gasteiger partial charge in [0.2, 0.25) is 11.8 Å². The zero-order chi connectivity index (χ0) is 18.5. The summed E-state index contributed by atoms with van der Waals surface area (Å²) < 4.78 is 5.51. The van der Waals surface area contributed by atoms with Crippen molar-refractivity contribution in [1.29, 1.82) is 0 Å². The van der Waals surface area contributed by atoms with E-state index >= 15 is 0 Å². The maximum absolute atomic E-state index is 12.8. The molecule has 1 saturated carbocycles. The zero-order valence-corrected chi connectivity index (χ0v) is 15.0. The Morgan fingerprint density at radius 3 is 2.33 bits per heavy atom. The number of imide groups is 1. The van der Waals surface area contributed by atoms with Crippen LogP contribution in [0.5, 0.6) is 0 Å². The van der Waals surface area contributed by atoms with E-state index in [0.29, 0.717) is 17.8 Å². The van der Waals surface area contributed by atoms with E-state index in [2.05, 4.69) is 17.5 Å². The molecule has 0 aromatic heterocycles. The summed E-state index contributed by atoms with van der Waals surface area (Å²) in [6, 6.07) is 6.71. The molecule has 1 N–H and O–H groups in total. The second-order valence-electron chi connectivity index (χ2n) is 7.90. The molecule has 2 saturated heterocycles. The molecular formula is C21H22N2O4. The highest BCUT2D eigenvalue weighted by Crippen LogP contribution is 2.53. The predicted octanol–water partition coefficient (Wildman–Crippen LogP) is 1.91. The summed E-state index contributed by atoms with van der Waals surface area (Å²) in [6.45, 7) is 1.26. The first kappa shape index (κ1) is 16.7. The quantitative estimate of drug-likeness (QED) is 0.652. The van der Waals surface area contributed by atoms with E-state index < -0.39 is 0 Å². The number of nitrogens with zero attached hydrogens (tertiary/aromatic N) is 1. The highest BCUT2D eigenvalue weighted by Gasteiger charge is 2.59. The maximum atomic E-state index is 12.8. The van der Waals surface area contributed by atoms with Crippen molar-refractivity contribution < 1.29 is 19.1 Å². The summed E-state index contributed by atoms with van der Waals surface area (Å²) in [5, 5.41) is 2.88. The topological polar surface area (TPSA) is 75.7 Å². The smallest absolute Gasteiger partial charge is 0.251 e. The molecule has 6 nitrogen and oxygen atoms in total. The van der Waals surface area contributed by atoms with Gasteiger partial charge in [0.15, 0.2) is 0 Å². The van der Waals surface area contributed by atoms with Crippen molar-refractivity contribution in [3.63, 3.8) is 0 Å². The van der Waals surface area contributed by atoms with Crippen molar-refractivity contribution in [1.82, 2.24) is 5.32 Å². The van der Waals surface area contributed by atoms with Crippen LogP contribution in [0.25, 0.3) is 0 Å². The van der Waals surface area contributed by atoms with Gasteiger partial charge in [0.1, 0.15) is 0 Å². The lowest BCUT2D eigenvalue weighted by Crippen LogP contribution is -2.33. The standard InChI is InChI=1S/C21H22N2O4/c24-19(22-11-16-2-1-9-27-16)12-5-7-15(8-6-12)23-20(25)17-13-3-4-14(10-13)18(17)21(23)26/h3-8,13-14,16-18H,1-2,9-11H2,(H,22,24)/t13-,14+,16-,17+,18+/m1/s1. The number of hydrogen-bond acceptors (Lipinski definition) is 4. The van der Waals surface area contributed by atoms with Crippen molar-refractivity contribution in [2.24, 2.45) is 23.7 Å². The van der Waals surface area contributed by atoms with Crippen LogP contribution in [-0.4, -0.2) is 37.0 Å². The third-order valence-electron chi connectivity index (χ3n) is 6.37. The second kappa shape index (κ2) is 6.30.